The van der Waals surface area contributed by atoms with Crippen molar-refractivity contribution in [2.45, 2.75) is 4.90 Å². The molecule has 0 amide bonds. The van der Waals surface area contributed by atoms with E-state index in [1.807, 2.05) is 0 Å². The largest absolute Gasteiger partial charge is 0.478 e. The van der Waals surface area contributed by atoms with Gasteiger partial charge in [0, 0.05) is 10.8 Å². The van der Waals surface area contributed by atoms with Crippen LogP contribution in [-0.4, -0.2) is 24.0 Å². The zero-order valence-electron chi connectivity index (χ0n) is 9.69. The first-order valence-electron chi connectivity index (χ1n) is 5.06. The van der Waals surface area contributed by atoms with Crippen LogP contribution < -0.4 is 0 Å². The van der Waals surface area contributed by atoms with Crippen molar-refractivity contribution in [2.75, 3.05) is 0 Å². The summed E-state index contributed by atoms with van der Waals surface area (Å²) in [6.07, 6.45) is 0. The molecule has 21 heavy (non-hydrogen) atoms. The molecular formula is C11H4Cl4O5S. The number of hydrogen-bond donors (Lipinski definition) is 2. The van der Waals surface area contributed by atoms with Gasteiger partial charge in [-0.1, -0.05) is 52.5 Å². The lowest BCUT2D eigenvalue weighted by Gasteiger charge is -2.13. The second-order valence-corrected chi connectivity index (χ2v) is 6.80. The summed E-state index contributed by atoms with van der Waals surface area (Å²) in [5.41, 5.74) is -0.736. The summed E-state index contributed by atoms with van der Waals surface area (Å²) < 4.78 is 32.0. The number of carboxylic acid groups (broad SMARTS) is 1. The number of fused-ring (bicyclic) bond motifs is 1. The number of benzene rings is 2. The highest BCUT2D eigenvalue weighted by Gasteiger charge is 2.30. The Morgan fingerprint density at radius 2 is 1.57 bits per heavy atom. The lowest BCUT2D eigenvalue weighted by Crippen LogP contribution is -2.10. The third kappa shape index (κ3) is 2.67. The van der Waals surface area contributed by atoms with Gasteiger partial charge in [-0.15, -0.1) is 0 Å². The predicted molar refractivity (Wildman–Crippen MR) is 80.8 cm³/mol. The van der Waals surface area contributed by atoms with E-state index in [-0.39, 0.29) is 25.8 Å². The molecule has 0 aliphatic heterocycles. The van der Waals surface area contributed by atoms with Crippen LogP contribution in [-0.2, 0) is 10.1 Å². The fraction of sp³-hybridized carbons (Fsp3) is 0. The quantitative estimate of drug-likeness (QED) is 0.742. The van der Waals surface area contributed by atoms with E-state index in [1.165, 1.54) is 12.1 Å². The van der Waals surface area contributed by atoms with E-state index in [1.54, 1.807) is 0 Å². The van der Waals surface area contributed by atoms with Gasteiger partial charge in [0.05, 0.1) is 25.7 Å². The zero-order chi connectivity index (χ0) is 16.1. The Labute approximate surface area is 138 Å². The Balaban J connectivity index is 3.24. The van der Waals surface area contributed by atoms with E-state index in [9.17, 15) is 22.9 Å². The summed E-state index contributed by atoms with van der Waals surface area (Å²) in [6.45, 7) is 0. The molecule has 2 aromatic rings. The van der Waals surface area contributed by atoms with Gasteiger partial charge in [0.25, 0.3) is 10.1 Å². The Morgan fingerprint density at radius 3 is 2.05 bits per heavy atom. The molecule has 0 atom stereocenters. The molecule has 2 aromatic carbocycles. The molecule has 112 valence electrons. The van der Waals surface area contributed by atoms with Gasteiger partial charge >= 0.3 is 5.97 Å². The second-order valence-electron chi connectivity index (χ2n) is 3.90. The minimum absolute atomic E-state index is 0.0133. The molecule has 2 N–H and O–H groups in total. The van der Waals surface area contributed by atoms with Gasteiger partial charge in [0.15, 0.2) is 0 Å². The molecule has 0 fully saturated rings. The lowest BCUT2D eigenvalue weighted by molar-refractivity contribution is 0.0694. The van der Waals surface area contributed by atoms with Crippen LogP contribution in [0.5, 0.6) is 0 Å². The number of aromatic carboxylic acids is 1. The summed E-state index contributed by atoms with van der Waals surface area (Å²) in [5.74, 6) is -1.62. The Bertz CT molecular complexity index is 892. The molecule has 0 saturated heterocycles. The number of hydrogen-bond acceptors (Lipinski definition) is 3. The average Bonchev–Trinajstić information content (AvgIpc) is 2.35. The van der Waals surface area contributed by atoms with E-state index in [2.05, 4.69) is 0 Å². The van der Waals surface area contributed by atoms with Gasteiger partial charge in [-0.3, -0.25) is 4.55 Å². The van der Waals surface area contributed by atoms with Gasteiger partial charge in [0.2, 0.25) is 0 Å². The van der Waals surface area contributed by atoms with Crippen LogP contribution in [0.1, 0.15) is 10.4 Å². The fourth-order valence-electron chi connectivity index (χ4n) is 1.87. The van der Waals surface area contributed by atoms with Crippen LogP contribution in [0.4, 0.5) is 0 Å². The predicted octanol–water partition coefficient (Wildman–Crippen LogP) is 4.40. The van der Waals surface area contributed by atoms with E-state index in [4.69, 9.17) is 46.4 Å². The normalized spacial score (nSPS) is 11.9. The van der Waals surface area contributed by atoms with Gasteiger partial charge in [0.1, 0.15) is 4.90 Å². The topological polar surface area (TPSA) is 91.7 Å². The fourth-order valence-corrected chi connectivity index (χ4v) is 3.95. The summed E-state index contributed by atoms with van der Waals surface area (Å²) >= 11 is 23.5. The van der Waals surface area contributed by atoms with Crippen LogP contribution >= 0.6 is 46.4 Å². The molecule has 5 nitrogen and oxygen atoms in total. The van der Waals surface area contributed by atoms with Crippen molar-refractivity contribution < 1.29 is 22.9 Å². The highest BCUT2D eigenvalue weighted by molar-refractivity contribution is 7.86. The monoisotopic (exact) mass is 388 g/mol. The van der Waals surface area contributed by atoms with Crippen LogP contribution in [0, 0.1) is 0 Å². The van der Waals surface area contributed by atoms with Crippen molar-refractivity contribution in [3.05, 3.63) is 37.8 Å². The molecule has 0 aliphatic carbocycles. The molecular weight excluding hydrogens is 386 g/mol. The Hall–Kier alpha value is -0.760. The number of carboxylic acids is 1. The molecule has 0 spiro atoms. The summed E-state index contributed by atoms with van der Waals surface area (Å²) in [5, 5.41) is 8.16. The highest BCUT2D eigenvalue weighted by atomic mass is 35.5. The first kappa shape index (κ1) is 16.6. The Morgan fingerprint density at radius 1 is 1.00 bits per heavy atom. The van der Waals surface area contributed by atoms with E-state index in [0.717, 1.165) is 0 Å². The molecule has 0 radical (unpaired) electrons. The van der Waals surface area contributed by atoms with Gasteiger partial charge in [-0.2, -0.15) is 8.42 Å². The van der Waals surface area contributed by atoms with Crippen molar-refractivity contribution in [2.24, 2.45) is 0 Å². The number of rotatable bonds is 2. The SMILES string of the molecule is O=C(O)c1c(S(=O)(=O)O)c(Cl)c(Cl)c2c(Cl)c(Cl)ccc12. The van der Waals surface area contributed by atoms with Crippen LogP contribution in [0.2, 0.25) is 20.1 Å². The minimum atomic E-state index is -4.92. The van der Waals surface area contributed by atoms with E-state index in [0.29, 0.717) is 0 Å². The average molecular weight is 390 g/mol. The summed E-state index contributed by atoms with van der Waals surface area (Å²) in [6, 6.07) is 2.50. The van der Waals surface area contributed by atoms with E-state index >= 15 is 0 Å². The van der Waals surface area contributed by atoms with Crippen molar-refractivity contribution in [3.8, 4) is 0 Å². The van der Waals surface area contributed by atoms with E-state index < -0.39 is 31.6 Å². The molecule has 0 unspecified atom stereocenters. The first-order valence-corrected chi connectivity index (χ1v) is 8.02. The molecule has 0 saturated carbocycles. The third-order valence-corrected chi connectivity index (χ3v) is 5.37. The summed E-state index contributed by atoms with van der Waals surface area (Å²) in [7, 11) is -4.92. The maximum Gasteiger partial charge on any atom is 0.337 e. The van der Waals surface area contributed by atoms with Crippen molar-refractivity contribution in [1.29, 1.82) is 0 Å². The highest BCUT2D eigenvalue weighted by Crippen LogP contribution is 2.44. The minimum Gasteiger partial charge on any atom is -0.478 e. The molecule has 0 heterocycles. The molecule has 0 bridgehead atoms. The Kier molecular flexibility index (Phi) is 4.32. The third-order valence-electron chi connectivity index (χ3n) is 2.67. The smallest absolute Gasteiger partial charge is 0.337 e. The number of carbonyl (C=O) groups is 1. The number of halogens is 4. The van der Waals surface area contributed by atoms with Gasteiger partial charge in [-0.05, 0) is 6.07 Å². The second kappa shape index (κ2) is 5.46. The molecule has 0 aliphatic rings. The standard InChI is InChI=1S/C11H4Cl4O5S/c12-4-2-1-3-5(7(4)13)8(14)9(15)10(21(18,19)20)6(3)11(16)17/h1-2H,(H,16,17)(H,18,19,20). The lowest BCUT2D eigenvalue weighted by atomic mass is 10.0. The van der Waals surface area contributed by atoms with Crippen LogP contribution in [0.3, 0.4) is 0 Å². The molecule has 0 aromatic heterocycles. The summed E-state index contributed by atoms with van der Waals surface area (Å²) in [4.78, 5) is 10.4. The zero-order valence-corrected chi connectivity index (χ0v) is 13.5. The molecule has 2 rings (SSSR count). The van der Waals surface area contributed by atoms with Gasteiger partial charge < -0.3 is 5.11 Å². The first-order chi connectivity index (χ1) is 9.57. The maximum absolute atomic E-state index is 11.4. The molecule has 10 heteroatoms. The van der Waals surface area contributed by atoms with Gasteiger partial charge in [-0.25, -0.2) is 4.79 Å². The van der Waals surface area contributed by atoms with Crippen molar-refractivity contribution in [3.63, 3.8) is 0 Å². The van der Waals surface area contributed by atoms with Crippen molar-refractivity contribution >= 4 is 73.3 Å². The van der Waals surface area contributed by atoms with Crippen molar-refractivity contribution in [1.82, 2.24) is 0 Å². The maximum atomic E-state index is 11.4. The van der Waals surface area contributed by atoms with Crippen LogP contribution in [0.25, 0.3) is 10.8 Å². The van der Waals surface area contributed by atoms with Crippen LogP contribution in [0.15, 0.2) is 17.0 Å².